The standard InChI is InChI=1S/C30H31NO4/c32-26-15-11-24(12-16-26)30(25-13-17-27(33)18-14-25)21-31(19-23-7-3-1-4-8-23)20-28(34)22-35-29-9-5-2-6-10-29/h1-18,28,30,32-34H,19-22H2/t28-/m0/s1. The summed E-state index contributed by atoms with van der Waals surface area (Å²) in [5.41, 5.74) is 3.24. The number of aromatic hydroxyl groups is 2. The molecule has 180 valence electrons. The van der Waals surface area contributed by atoms with Gasteiger partial charge < -0.3 is 20.1 Å². The Hall–Kier alpha value is -3.80. The Labute approximate surface area is 206 Å². The molecule has 0 bridgehead atoms. The van der Waals surface area contributed by atoms with E-state index in [0.717, 1.165) is 22.4 Å². The van der Waals surface area contributed by atoms with E-state index in [0.29, 0.717) is 19.6 Å². The van der Waals surface area contributed by atoms with Crippen LogP contribution >= 0.6 is 0 Å². The average Bonchev–Trinajstić information content (AvgIpc) is 2.88. The second-order valence-corrected chi connectivity index (χ2v) is 8.69. The van der Waals surface area contributed by atoms with Gasteiger partial charge in [-0.15, -0.1) is 0 Å². The zero-order valence-corrected chi connectivity index (χ0v) is 19.6. The molecule has 0 fully saturated rings. The molecule has 0 aromatic heterocycles. The van der Waals surface area contributed by atoms with Gasteiger partial charge in [0.25, 0.3) is 0 Å². The Kier molecular flexibility index (Phi) is 8.39. The van der Waals surface area contributed by atoms with Crippen LogP contribution in [0, 0.1) is 0 Å². The van der Waals surface area contributed by atoms with Crippen molar-refractivity contribution in [2.75, 3.05) is 19.7 Å². The Morgan fingerprint density at radius 3 is 1.69 bits per heavy atom. The lowest BCUT2D eigenvalue weighted by atomic mass is 9.90. The summed E-state index contributed by atoms with van der Waals surface area (Å²) < 4.78 is 5.79. The van der Waals surface area contributed by atoms with Crippen LogP contribution in [0.5, 0.6) is 17.2 Å². The topological polar surface area (TPSA) is 73.2 Å². The van der Waals surface area contributed by atoms with Crippen molar-refractivity contribution < 1.29 is 20.1 Å². The normalized spacial score (nSPS) is 12.1. The van der Waals surface area contributed by atoms with Gasteiger partial charge in [0.2, 0.25) is 0 Å². The third-order valence-electron chi connectivity index (χ3n) is 5.94. The fourth-order valence-corrected chi connectivity index (χ4v) is 4.18. The Balaban J connectivity index is 1.55. The molecular weight excluding hydrogens is 438 g/mol. The number of para-hydroxylation sites is 1. The van der Waals surface area contributed by atoms with Gasteiger partial charge >= 0.3 is 0 Å². The third-order valence-corrected chi connectivity index (χ3v) is 5.94. The fraction of sp³-hybridized carbons (Fsp3) is 0.200. The molecule has 0 spiro atoms. The first-order chi connectivity index (χ1) is 17.1. The number of hydrogen-bond donors (Lipinski definition) is 3. The molecule has 5 heteroatoms. The van der Waals surface area contributed by atoms with E-state index in [-0.39, 0.29) is 24.0 Å². The van der Waals surface area contributed by atoms with Crippen molar-refractivity contribution in [1.82, 2.24) is 4.90 Å². The quantitative estimate of drug-likeness (QED) is 0.283. The molecule has 0 saturated heterocycles. The van der Waals surface area contributed by atoms with Crippen molar-refractivity contribution in [3.63, 3.8) is 0 Å². The van der Waals surface area contributed by atoms with Crippen molar-refractivity contribution in [1.29, 1.82) is 0 Å². The fourth-order valence-electron chi connectivity index (χ4n) is 4.18. The van der Waals surface area contributed by atoms with E-state index in [1.165, 1.54) is 0 Å². The van der Waals surface area contributed by atoms with Gasteiger partial charge in [-0.2, -0.15) is 0 Å². The second-order valence-electron chi connectivity index (χ2n) is 8.69. The average molecular weight is 470 g/mol. The summed E-state index contributed by atoms with van der Waals surface area (Å²) in [5, 5.41) is 30.5. The summed E-state index contributed by atoms with van der Waals surface area (Å²) >= 11 is 0. The molecule has 3 N–H and O–H groups in total. The first-order valence-electron chi connectivity index (χ1n) is 11.8. The summed E-state index contributed by atoms with van der Waals surface area (Å²) in [6, 6.07) is 34.1. The summed E-state index contributed by atoms with van der Waals surface area (Å²) in [5.74, 6) is 1.13. The lowest BCUT2D eigenvalue weighted by molar-refractivity contribution is 0.0644. The van der Waals surface area contributed by atoms with Gasteiger partial charge in [-0.1, -0.05) is 72.8 Å². The molecule has 0 saturated carbocycles. The number of phenols is 2. The van der Waals surface area contributed by atoms with E-state index in [1.807, 2.05) is 72.8 Å². The maximum Gasteiger partial charge on any atom is 0.119 e. The Morgan fingerprint density at radius 1 is 0.629 bits per heavy atom. The van der Waals surface area contributed by atoms with Crippen molar-refractivity contribution in [2.24, 2.45) is 0 Å². The van der Waals surface area contributed by atoms with E-state index in [2.05, 4.69) is 17.0 Å². The zero-order chi connectivity index (χ0) is 24.5. The highest BCUT2D eigenvalue weighted by molar-refractivity contribution is 5.38. The van der Waals surface area contributed by atoms with Crippen LogP contribution in [0.15, 0.2) is 109 Å². The number of aliphatic hydroxyl groups is 1. The predicted octanol–water partition coefficient (Wildman–Crippen LogP) is 5.17. The first kappa shape index (κ1) is 24.3. The van der Waals surface area contributed by atoms with E-state index in [1.54, 1.807) is 24.3 Å². The van der Waals surface area contributed by atoms with Crippen molar-refractivity contribution in [3.8, 4) is 17.2 Å². The van der Waals surface area contributed by atoms with E-state index >= 15 is 0 Å². The van der Waals surface area contributed by atoms with Crippen LogP contribution in [-0.2, 0) is 6.54 Å². The molecular formula is C30H31NO4. The number of benzene rings is 4. The van der Waals surface area contributed by atoms with Gasteiger partial charge in [-0.3, -0.25) is 4.90 Å². The van der Waals surface area contributed by atoms with Gasteiger partial charge in [0, 0.05) is 25.6 Å². The molecule has 0 unspecified atom stereocenters. The van der Waals surface area contributed by atoms with Crippen LogP contribution < -0.4 is 4.74 Å². The molecule has 0 aliphatic carbocycles. The van der Waals surface area contributed by atoms with Gasteiger partial charge in [-0.25, -0.2) is 0 Å². The van der Waals surface area contributed by atoms with Crippen LogP contribution in [-0.4, -0.2) is 46.0 Å². The highest BCUT2D eigenvalue weighted by Gasteiger charge is 2.21. The minimum atomic E-state index is -0.681. The molecule has 0 amide bonds. The van der Waals surface area contributed by atoms with E-state index < -0.39 is 6.10 Å². The minimum Gasteiger partial charge on any atom is -0.508 e. The highest BCUT2D eigenvalue weighted by atomic mass is 16.5. The SMILES string of the molecule is Oc1ccc(C(CN(Cc2ccccc2)C[C@H](O)COc2ccccc2)c2ccc(O)cc2)cc1. The summed E-state index contributed by atoms with van der Waals surface area (Å²) in [6.45, 7) is 1.91. The summed E-state index contributed by atoms with van der Waals surface area (Å²) in [4.78, 5) is 2.22. The van der Waals surface area contributed by atoms with Gasteiger partial charge in [0.1, 0.15) is 30.0 Å². The van der Waals surface area contributed by atoms with Crippen LogP contribution in [0.2, 0.25) is 0 Å². The summed E-state index contributed by atoms with van der Waals surface area (Å²) in [7, 11) is 0. The predicted molar refractivity (Wildman–Crippen MR) is 138 cm³/mol. The molecule has 1 atom stereocenters. The lowest BCUT2D eigenvalue weighted by Crippen LogP contribution is -2.38. The molecule has 35 heavy (non-hydrogen) atoms. The van der Waals surface area contributed by atoms with Crippen LogP contribution in [0.3, 0.4) is 0 Å². The van der Waals surface area contributed by atoms with Crippen LogP contribution in [0.1, 0.15) is 22.6 Å². The molecule has 0 aliphatic heterocycles. The first-order valence-corrected chi connectivity index (χ1v) is 11.8. The van der Waals surface area contributed by atoms with Crippen molar-refractivity contribution in [3.05, 3.63) is 126 Å². The molecule has 4 aromatic rings. The molecule has 4 aromatic carbocycles. The maximum absolute atomic E-state index is 10.9. The largest absolute Gasteiger partial charge is 0.508 e. The molecule has 0 heterocycles. The second kappa shape index (κ2) is 12.1. The monoisotopic (exact) mass is 469 g/mol. The van der Waals surface area contributed by atoms with Gasteiger partial charge in [0.05, 0.1) is 0 Å². The van der Waals surface area contributed by atoms with Crippen LogP contribution in [0.4, 0.5) is 0 Å². The third kappa shape index (κ3) is 7.34. The molecule has 0 aliphatic rings. The number of hydrogen-bond acceptors (Lipinski definition) is 5. The smallest absolute Gasteiger partial charge is 0.119 e. The highest BCUT2D eigenvalue weighted by Crippen LogP contribution is 2.29. The van der Waals surface area contributed by atoms with Crippen molar-refractivity contribution >= 4 is 0 Å². The molecule has 4 rings (SSSR count). The number of nitrogens with zero attached hydrogens (tertiary/aromatic N) is 1. The molecule has 0 radical (unpaired) electrons. The van der Waals surface area contributed by atoms with E-state index in [4.69, 9.17) is 4.74 Å². The Morgan fingerprint density at radius 2 is 1.14 bits per heavy atom. The maximum atomic E-state index is 10.9. The number of aliphatic hydroxyl groups excluding tert-OH is 1. The van der Waals surface area contributed by atoms with Crippen molar-refractivity contribution in [2.45, 2.75) is 18.6 Å². The van der Waals surface area contributed by atoms with E-state index in [9.17, 15) is 15.3 Å². The number of phenolic OH excluding ortho intramolecular Hbond substituents is 2. The zero-order valence-electron chi connectivity index (χ0n) is 19.6. The van der Waals surface area contributed by atoms with Gasteiger partial charge in [0.15, 0.2) is 0 Å². The number of ether oxygens (including phenoxy) is 1. The lowest BCUT2D eigenvalue weighted by Gasteiger charge is -2.30. The number of rotatable bonds is 11. The Bertz CT molecular complexity index is 1100. The minimum absolute atomic E-state index is 0.0258. The molecule has 5 nitrogen and oxygen atoms in total. The van der Waals surface area contributed by atoms with Gasteiger partial charge in [-0.05, 0) is 53.1 Å². The van der Waals surface area contributed by atoms with Crippen LogP contribution in [0.25, 0.3) is 0 Å². The summed E-state index contributed by atoms with van der Waals surface area (Å²) in [6.07, 6.45) is -0.681.